The highest BCUT2D eigenvalue weighted by Gasteiger charge is 2.22. The van der Waals surface area contributed by atoms with Crippen LogP contribution in [0.5, 0.6) is 0 Å². The lowest BCUT2D eigenvalue weighted by Crippen LogP contribution is -2.38. The molecule has 1 fully saturated rings. The summed E-state index contributed by atoms with van der Waals surface area (Å²) in [6.07, 6.45) is 3.79. The van der Waals surface area contributed by atoms with Crippen molar-refractivity contribution in [3.05, 3.63) is 58.7 Å². The van der Waals surface area contributed by atoms with Gasteiger partial charge in [-0.1, -0.05) is 12.1 Å². The minimum Gasteiger partial charge on any atom is -0.478 e. The zero-order valence-electron chi connectivity index (χ0n) is 16.9. The average molecular weight is 401 g/mol. The van der Waals surface area contributed by atoms with Crippen molar-refractivity contribution in [2.24, 2.45) is 13.0 Å². The quantitative estimate of drug-likeness (QED) is 0.748. The van der Waals surface area contributed by atoms with E-state index in [-0.39, 0.29) is 23.7 Å². The first-order chi connectivity index (χ1) is 13.8. The number of carboxylic acid groups (broad SMARTS) is 1. The van der Waals surface area contributed by atoms with Crippen molar-refractivity contribution in [2.75, 3.05) is 19.6 Å². The second-order valence-corrected chi connectivity index (χ2v) is 7.88. The van der Waals surface area contributed by atoms with Crippen LogP contribution in [0.25, 0.3) is 0 Å². The topological polar surface area (TPSA) is 74.6 Å². The van der Waals surface area contributed by atoms with E-state index < -0.39 is 5.97 Å². The maximum atomic E-state index is 13.0. The molecule has 0 aliphatic carbocycles. The monoisotopic (exact) mass is 401 g/mol. The molecule has 0 unspecified atom stereocenters. The predicted octanol–water partition coefficient (Wildman–Crippen LogP) is 2.74. The maximum absolute atomic E-state index is 13.0. The van der Waals surface area contributed by atoms with Gasteiger partial charge < -0.3 is 15.0 Å². The van der Waals surface area contributed by atoms with Gasteiger partial charge in [0.15, 0.2) is 0 Å². The highest BCUT2D eigenvalue weighted by atomic mass is 19.1. The second kappa shape index (κ2) is 9.22. The van der Waals surface area contributed by atoms with Gasteiger partial charge in [-0.2, -0.15) is 0 Å². The maximum Gasteiger partial charge on any atom is 0.337 e. The molecule has 0 atom stereocenters. The van der Waals surface area contributed by atoms with Crippen LogP contribution in [0.2, 0.25) is 0 Å². The molecule has 6 nitrogen and oxygen atoms in total. The van der Waals surface area contributed by atoms with Crippen LogP contribution in [0.4, 0.5) is 4.39 Å². The van der Waals surface area contributed by atoms with E-state index in [4.69, 9.17) is 0 Å². The van der Waals surface area contributed by atoms with Crippen molar-refractivity contribution < 1.29 is 19.1 Å². The number of piperidine rings is 1. The minimum atomic E-state index is -1.00. The van der Waals surface area contributed by atoms with E-state index in [1.54, 1.807) is 24.7 Å². The SMILES string of the molecule is Cc1cn(C)c(CC(=O)NCC2CCN(Cc3ccc(F)cc3)CC2)c1C(=O)O. The van der Waals surface area contributed by atoms with Crippen molar-refractivity contribution in [2.45, 2.75) is 32.7 Å². The predicted molar refractivity (Wildman–Crippen MR) is 108 cm³/mol. The number of nitrogens with zero attached hydrogens (tertiary/aromatic N) is 2. The molecule has 156 valence electrons. The third kappa shape index (κ3) is 5.44. The van der Waals surface area contributed by atoms with Crippen LogP contribution in [0.15, 0.2) is 30.5 Å². The number of aryl methyl sites for hydroxylation is 2. The van der Waals surface area contributed by atoms with Gasteiger partial charge in [0, 0.05) is 32.0 Å². The van der Waals surface area contributed by atoms with Crippen LogP contribution in [0.1, 0.15) is 40.0 Å². The van der Waals surface area contributed by atoms with Gasteiger partial charge in [0.05, 0.1) is 12.0 Å². The fraction of sp³-hybridized carbons (Fsp3) is 0.455. The largest absolute Gasteiger partial charge is 0.478 e. The number of carbonyl (C=O) groups excluding carboxylic acids is 1. The Morgan fingerprint density at radius 2 is 1.86 bits per heavy atom. The molecule has 1 aliphatic heterocycles. The average Bonchev–Trinajstić information content (AvgIpc) is 2.96. The number of carboxylic acids is 1. The van der Waals surface area contributed by atoms with Gasteiger partial charge in [-0.05, 0) is 62.0 Å². The molecule has 1 amide bonds. The van der Waals surface area contributed by atoms with Crippen LogP contribution in [0, 0.1) is 18.7 Å². The zero-order chi connectivity index (χ0) is 21.0. The summed E-state index contributed by atoms with van der Waals surface area (Å²) in [5, 5.41) is 12.4. The van der Waals surface area contributed by atoms with Crippen molar-refractivity contribution in [1.29, 1.82) is 0 Å². The number of aromatic nitrogens is 1. The number of aromatic carboxylic acids is 1. The third-order valence-corrected chi connectivity index (χ3v) is 5.65. The minimum absolute atomic E-state index is 0.0649. The summed E-state index contributed by atoms with van der Waals surface area (Å²) < 4.78 is 14.7. The molecular weight excluding hydrogens is 373 g/mol. The number of amides is 1. The zero-order valence-corrected chi connectivity index (χ0v) is 16.9. The van der Waals surface area contributed by atoms with Gasteiger partial charge in [-0.15, -0.1) is 0 Å². The Bertz CT molecular complexity index is 868. The molecule has 0 bridgehead atoms. The van der Waals surface area contributed by atoms with Crippen molar-refractivity contribution in [3.63, 3.8) is 0 Å². The summed E-state index contributed by atoms with van der Waals surface area (Å²) in [7, 11) is 1.76. The molecule has 1 saturated heterocycles. The first-order valence-corrected chi connectivity index (χ1v) is 9.95. The van der Waals surface area contributed by atoms with Crippen LogP contribution in [-0.4, -0.2) is 46.1 Å². The molecule has 3 rings (SSSR count). The van der Waals surface area contributed by atoms with Crippen LogP contribution in [-0.2, 0) is 24.8 Å². The summed E-state index contributed by atoms with van der Waals surface area (Å²) in [5.74, 6) is -0.955. The van der Waals surface area contributed by atoms with Gasteiger partial charge in [0.25, 0.3) is 0 Å². The molecule has 29 heavy (non-hydrogen) atoms. The van der Waals surface area contributed by atoms with E-state index in [1.165, 1.54) is 12.1 Å². The first kappa shape index (κ1) is 21.0. The lowest BCUT2D eigenvalue weighted by molar-refractivity contribution is -0.120. The highest BCUT2D eigenvalue weighted by Crippen LogP contribution is 2.19. The van der Waals surface area contributed by atoms with E-state index >= 15 is 0 Å². The molecule has 7 heteroatoms. The van der Waals surface area contributed by atoms with E-state index in [0.29, 0.717) is 23.7 Å². The molecule has 0 saturated carbocycles. The smallest absolute Gasteiger partial charge is 0.337 e. The highest BCUT2D eigenvalue weighted by molar-refractivity contribution is 5.93. The summed E-state index contributed by atoms with van der Waals surface area (Å²) in [5.41, 5.74) is 2.51. The van der Waals surface area contributed by atoms with Gasteiger partial charge in [0.1, 0.15) is 5.82 Å². The molecule has 2 aromatic rings. The molecular formula is C22H28FN3O3. The summed E-state index contributed by atoms with van der Waals surface area (Å²) >= 11 is 0. The van der Waals surface area contributed by atoms with Gasteiger partial charge in [-0.3, -0.25) is 9.69 Å². The summed E-state index contributed by atoms with van der Waals surface area (Å²) in [6.45, 7) is 5.04. The molecule has 1 aromatic heterocycles. The Kier molecular flexibility index (Phi) is 6.69. The standard InChI is InChI=1S/C22H28FN3O3/c1-15-13-25(2)19(21(15)22(28)29)11-20(27)24-12-16-7-9-26(10-8-16)14-17-3-5-18(23)6-4-17/h3-6,13,16H,7-12,14H2,1-2H3,(H,24,27)(H,28,29). The van der Waals surface area contributed by atoms with Gasteiger partial charge >= 0.3 is 5.97 Å². The number of hydrogen-bond donors (Lipinski definition) is 2. The summed E-state index contributed by atoms with van der Waals surface area (Å²) in [6, 6.07) is 6.61. The molecule has 1 aliphatic rings. The lowest BCUT2D eigenvalue weighted by atomic mass is 9.96. The molecule has 0 radical (unpaired) electrons. The molecule has 0 spiro atoms. The number of carbonyl (C=O) groups is 2. The van der Waals surface area contributed by atoms with E-state index in [9.17, 15) is 19.1 Å². The number of hydrogen-bond acceptors (Lipinski definition) is 3. The number of nitrogens with one attached hydrogen (secondary N) is 1. The molecule has 2 heterocycles. The van der Waals surface area contributed by atoms with Crippen molar-refractivity contribution >= 4 is 11.9 Å². The van der Waals surface area contributed by atoms with E-state index in [2.05, 4.69) is 10.2 Å². The fourth-order valence-electron chi connectivity index (χ4n) is 4.01. The third-order valence-electron chi connectivity index (χ3n) is 5.65. The van der Waals surface area contributed by atoms with E-state index in [0.717, 1.165) is 38.0 Å². The Balaban J connectivity index is 1.44. The Labute approximate surface area is 170 Å². The van der Waals surface area contributed by atoms with E-state index in [1.807, 2.05) is 12.1 Å². The van der Waals surface area contributed by atoms with Crippen molar-refractivity contribution in [3.8, 4) is 0 Å². The Morgan fingerprint density at radius 1 is 1.21 bits per heavy atom. The number of halogens is 1. The number of rotatable bonds is 7. The second-order valence-electron chi connectivity index (χ2n) is 7.88. The van der Waals surface area contributed by atoms with Gasteiger partial charge in [0.2, 0.25) is 5.91 Å². The molecule has 2 N–H and O–H groups in total. The van der Waals surface area contributed by atoms with Crippen LogP contribution >= 0.6 is 0 Å². The normalized spacial score (nSPS) is 15.4. The lowest BCUT2D eigenvalue weighted by Gasteiger charge is -2.32. The Morgan fingerprint density at radius 3 is 2.48 bits per heavy atom. The summed E-state index contributed by atoms with van der Waals surface area (Å²) in [4.78, 5) is 26.2. The van der Waals surface area contributed by atoms with Gasteiger partial charge in [-0.25, -0.2) is 9.18 Å². The number of benzene rings is 1. The van der Waals surface area contributed by atoms with Crippen LogP contribution in [0.3, 0.4) is 0 Å². The molecule has 1 aromatic carbocycles. The van der Waals surface area contributed by atoms with Crippen LogP contribution < -0.4 is 5.32 Å². The number of likely N-dealkylation sites (tertiary alicyclic amines) is 1. The van der Waals surface area contributed by atoms with Crippen molar-refractivity contribution in [1.82, 2.24) is 14.8 Å². The fourth-order valence-corrected chi connectivity index (χ4v) is 4.01. The Hall–Kier alpha value is -2.67. The first-order valence-electron chi connectivity index (χ1n) is 9.95.